The minimum absolute atomic E-state index is 0.924. The maximum atomic E-state index is 4.41. The first kappa shape index (κ1) is 9.91. The number of nitrogens with zero attached hydrogens (tertiary/aromatic N) is 1. The second-order valence-corrected chi connectivity index (χ2v) is 3.93. The van der Waals surface area contributed by atoms with Crippen LogP contribution in [0, 0.1) is 13.8 Å². The molecule has 1 heteroatoms. The minimum Gasteiger partial charge on any atom is -0.261 e. The van der Waals surface area contributed by atoms with E-state index in [1.807, 2.05) is 6.20 Å². The van der Waals surface area contributed by atoms with Crippen LogP contribution in [0.15, 0.2) is 42.6 Å². The number of aryl methyl sites for hydroxylation is 2. The summed E-state index contributed by atoms with van der Waals surface area (Å²) < 4.78 is 0. The molecule has 0 fully saturated rings. The normalized spacial score (nSPS) is 10.3. The SMILES string of the molecule is Cc1ccc(Cc2ccccc2C)nc1. The Morgan fingerprint density at radius 2 is 1.80 bits per heavy atom. The zero-order chi connectivity index (χ0) is 10.7. The molecule has 2 aromatic rings. The highest BCUT2D eigenvalue weighted by Crippen LogP contribution is 2.12. The van der Waals surface area contributed by atoms with Crippen LogP contribution in [-0.4, -0.2) is 4.98 Å². The smallest absolute Gasteiger partial charge is 0.0447 e. The number of rotatable bonds is 2. The van der Waals surface area contributed by atoms with Gasteiger partial charge in [0.05, 0.1) is 0 Å². The Hall–Kier alpha value is -1.63. The van der Waals surface area contributed by atoms with Crippen LogP contribution in [0.2, 0.25) is 0 Å². The van der Waals surface area contributed by atoms with Gasteiger partial charge in [-0.25, -0.2) is 0 Å². The Bertz CT molecular complexity index is 443. The highest BCUT2D eigenvalue weighted by atomic mass is 14.7. The topological polar surface area (TPSA) is 12.9 Å². The van der Waals surface area contributed by atoms with Gasteiger partial charge in [-0.2, -0.15) is 0 Å². The van der Waals surface area contributed by atoms with Crippen LogP contribution in [0.3, 0.4) is 0 Å². The van der Waals surface area contributed by atoms with E-state index in [1.54, 1.807) is 0 Å². The zero-order valence-corrected chi connectivity index (χ0v) is 9.20. The summed E-state index contributed by atoms with van der Waals surface area (Å²) in [5.41, 5.74) is 5.03. The molecule has 0 atom stereocenters. The van der Waals surface area contributed by atoms with E-state index in [0.717, 1.165) is 12.1 Å². The van der Waals surface area contributed by atoms with E-state index >= 15 is 0 Å². The Labute approximate surface area is 90.8 Å². The van der Waals surface area contributed by atoms with Gasteiger partial charge >= 0.3 is 0 Å². The monoisotopic (exact) mass is 197 g/mol. The number of hydrogen-bond donors (Lipinski definition) is 0. The summed E-state index contributed by atoms with van der Waals surface area (Å²) in [6.07, 6.45) is 2.85. The summed E-state index contributed by atoms with van der Waals surface area (Å²) in [5.74, 6) is 0. The van der Waals surface area contributed by atoms with E-state index in [-0.39, 0.29) is 0 Å². The molecule has 0 radical (unpaired) electrons. The van der Waals surface area contributed by atoms with Gasteiger partial charge in [0, 0.05) is 18.3 Å². The third-order valence-electron chi connectivity index (χ3n) is 2.61. The lowest BCUT2D eigenvalue weighted by Crippen LogP contribution is -1.94. The van der Waals surface area contributed by atoms with Crippen molar-refractivity contribution in [3.05, 3.63) is 65.0 Å². The van der Waals surface area contributed by atoms with Gasteiger partial charge < -0.3 is 0 Å². The highest BCUT2D eigenvalue weighted by molar-refractivity contribution is 5.29. The summed E-state index contributed by atoms with van der Waals surface area (Å²) in [4.78, 5) is 4.41. The lowest BCUT2D eigenvalue weighted by Gasteiger charge is -2.04. The molecular formula is C14H15N. The third-order valence-corrected chi connectivity index (χ3v) is 2.61. The third kappa shape index (κ3) is 2.44. The molecule has 0 saturated carbocycles. The van der Waals surface area contributed by atoms with Gasteiger partial charge in [-0.15, -0.1) is 0 Å². The fraction of sp³-hybridized carbons (Fsp3) is 0.214. The lowest BCUT2D eigenvalue weighted by atomic mass is 10.0. The van der Waals surface area contributed by atoms with Crippen LogP contribution in [0.1, 0.15) is 22.4 Å². The second-order valence-electron chi connectivity index (χ2n) is 3.93. The molecule has 0 bridgehead atoms. The van der Waals surface area contributed by atoms with Crippen molar-refractivity contribution in [3.63, 3.8) is 0 Å². The first-order valence-corrected chi connectivity index (χ1v) is 5.22. The van der Waals surface area contributed by atoms with Gasteiger partial charge in [0.15, 0.2) is 0 Å². The van der Waals surface area contributed by atoms with Crippen LogP contribution in [-0.2, 0) is 6.42 Å². The van der Waals surface area contributed by atoms with Crippen LogP contribution >= 0.6 is 0 Å². The van der Waals surface area contributed by atoms with Gasteiger partial charge in [-0.1, -0.05) is 30.3 Å². The molecule has 0 aliphatic heterocycles. The van der Waals surface area contributed by atoms with Gasteiger partial charge in [0.25, 0.3) is 0 Å². The Balaban J connectivity index is 2.22. The fourth-order valence-corrected chi connectivity index (χ4v) is 1.61. The molecule has 0 aliphatic rings. The second kappa shape index (κ2) is 4.26. The molecule has 0 saturated heterocycles. The maximum Gasteiger partial charge on any atom is 0.0447 e. The molecule has 15 heavy (non-hydrogen) atoms. The summed E-state index contributed by atoms with van der Waals surface area (Å²) >= 11 is 0. The molecule has 76 valence electrons. The van der Waals surface area contributed by atoms with Crippen molar-refractivity contribution in [1.29, 1.82) is 0 Å². The molecule has 2 rings (SSSR count). The van der Waals surface area contributed by atoms with E-state index in [2.05, 4.69) is 55.2 Å². The summed E-state index contributed by atoms with van der Waals surface area (Å²) in [7, 11) is 0. The van der Waals surface area contributed by atoms with Crippen molar-refractivity contribution in [2.24, 2.45) is 0 Å². The molecule has 1 heterocycles. The average molecular weight is 197 g/mol. The van der Waals surface area contributed by atoms with Crippen LogP contribution in [0.4, 0.5) is 0 Å². The van der Waals surface area contributed by atoms with Crippen LogP contribution in [0.5, 0.6) is 0 Å². The molecule has 0 unspecified atom stereocenters. The Morgan fingerprint density at radius 1 is 1.00 bits per heavy atom. The van der Waals surface area contributed by atoms with E-state index in [9.17, 15) is 0 Å². The van der Waals surface area contributed by atoms with Crippen molar-refractivity contribution < 1.29 is 0 Å². The number of aromatic nitrogens is 1. The molecule has 0 N–H and O–H groups in total. The van der Waals surface area contributed by atoms with Gasteiger partial charge in [0.2, 0.25) is 0 Å². The number of pyridine rings is 1. The summed E-state index contributed by atoms with van der Waals surface area (Å²) in [5, 5.41) is 0. The largest absolute Gasteiger partial charge is 0.261 e. The van der Waals surface area contributed by atoms with E-state index < -0.39 is 0 Å². The quantitative estimate of drug-likeness (QED) is 0.720. The number of benzene rings is 1. The highest BCUT2D eigenvalue weighted by Gasteiger charge is 1.99. The lowest BCUT2D eigenvalue weighted by molar-refractivity contribution is 1.05. The van der Waals surface area contributed by atoms with Crippen LogP contribution in [0.25, 0.3) is 0 Å². The maximum absolute atomic E-state index is 4.41. The average Bonchev–Trinajstić information content (AvgIpc) is 2.25. The van der Waals surface area contributed by atoms with E-state index in [1.165, 1.54) is 16.7 Å². The number of hydrogen-bond acceptors (Lipinski definition) is 1. The predicted octanol–water partition coefficient (Wildman–Crippen LogP) is 3.29. The molecule has 1 nitrogen and oxygen atoms in total. The van der Waals surface area contributed by atoms with Gasteiger partial charge in [0.1, 0.15) is 0 Å². The Kier molecular flexibility index (Phi) is 2.82. The van der Waals surface area contributed by atoms with Crippen molar-refractivity contribution in [1.82, 2.24) is 4.98 Å². The summed E-state index contributed by atoms with van der Waals surface area (Å²) in [6.45, 7) is 4.20. The molecule has 0 amide bonds. The molecule has 0 spiro atoms. The van der Waals surface area contributed by atoms with Crippen molar-refractivity contribution in [3.8, 4) is 0 Å². The molecular weight excluding hydrogens is 182 g/mol. The van der Waals surface area contributed by atoms with Crippen LogP contribution < -0.4 is 0 Å². The molecule has 1 aromatic carbocycles. The van der Waals surface area contributed by atoms with Gasteiger partial charge in [-0.3, -0.25) is 4.98 Å². The fourth-order valence-electron chi connectivity index (χ4n) is 1.61. The Morgan fingerprint density at radius 3 is 2.47 bits per heavy atom. The zero-order valence-electron chi connectivity index (χ0n) is 9.20. The molecule has 1 aromatic heterocycles. The first-order chi connectivity index (χ1) is 7.25. The van der Waals surface area contributed by atoms with Crippen molar-refractivity contribution in [2.45, 2.75) is 20.3 Å². The van der Waals surface area contributed by atoms with Crippen molar-refractivity contribution >= 4 is 0 Å². The first-order valence-electron chi connectivity index (χ1n) is 5.22. The van der Waals surface area contributed by atoms with E-state index in [0.29, 0.717) is 0 Å². The predicted molar refractivity (Wildman–Crippen MR) is 63.0 cm³/mol. The van der Waals surface area contributed by atoms with Gasteiger partial charge in [-0.05, 0) is 36.6 Å². The molecule has 0 aliphatic carbocycles. The minimum atomic E-state index is 0.924. The standard InChI is InChI=1S/C14H15N/c1-11-7-8-14(15-10-11)9-13-6-4-3-5-12(13)2/h3-8,10H,9H2,1-2H3. The summed E-state index contributed by atoms with van der Waals surface area (Å²) in [6, 6.07) is 12.7. The van der Waals surface area contributed by atoms with E-state index in [4.69, 9.17) is 0 Å². The van der Waals surface area contributed by atoms with Crippen molar-refractivity contribution in [2.75, 3.05) is 0 Å².